The molecule has 0 atom stereocenters. The highest BCUT2D eigenvalue weighted by atomic mass is 79.9. The third-order valence-corrected chi connectivity index (χ3v) is 5.95. The smallest absolute Gasteiger partial charge is 0.270 e. The predicted octanol–water partition coefficient (Wildman–Crippen LogP) is 6.77. The molecule has 3 nitrogen and oxygen atoms in total. The molecule has 2 heterocycles. The summed E-state index contributed by atoms with van der Waals surface area (Å²) in [6.45, 7) is 0. The Morgan fingerprint density at radius 3 is 2.63 bits per heavy atom. The summed E-state index contributed by atoms with van der Waals surface area (Å²) in [6.07, 6.45) is 1.71. The van der Waals surface area contributed by atoms with Gasteiger partial charge in [0.05, 0.1) is 10.6 Å². The standard InChI is InChI=1S/C20H11BrClNO2S2/c21-13-6-4-12(5-7-13)17-9-8-16(25-17)11-18-19(24)23(20(26)27-18)15-3-1-2-14(22)10-15/h1-11H/b18-11+. The van der Waals surface area contributed by atoms with E-state index in [9.17, 15) is 4.79 Å². The molecular formula is C20H11BrClNO2S2. The lowest BCUT2D eigenvalue weighted by Gasteiger charge is -2.14. The van der Waals surface area contributed by atoms with Gasteiger partial charge in [-0.15, -0.1) is 0 Å². The maximum absolute atomic E-state index is 12.8. The Morgan fingerprint density at radius 1 is 1.11 bits per heavy atom. The average Bonchev–Trinajstić information content (AvgIpc) is 3.21. The van der Waals surface area contributed by atoms with Crippen molar-refractivity contribution in [3.05, 3.63) is 80.8 Å². The van der Waals surface area contributed by atoms with Crippen molar-refractivity contribution < 1.29 is 9.21 Å². The Bertz CT molecular complexity index is 1080. The van der Waals surface area contributed by atoms with E-state index in [1.165, 1.54) is 16.7 Å². The first-order chi connectivity index (χ1) is 13.0. The number of carbonyl (C=O) groups is 1. The number of rotatable bonds is 3. The number of halogens is 2. The predicted molar refractivity (Wildman–Crippen MR) is 119 cm³/mol. The number of benzene rings is 2. The molecule has 27 heavy (non-hydrogen) atoms. The Kier molecular flexibility index (Phi) is 5.23. The van der Waals surface area contributed by atoms with Crippen molar-refractivity contribution in [1.82, 2.24) is 0 Å². The number of furan rings is 1. The average molecular weight is 477 g/mol. The van der Waals surface area contributed by atoms with Crippen LogP contribution >= 0.6 is 51.5 Å². The minimum atomic E-state index is -0.186. The van der Waals surface area contributed by atoms with Gasteiger partial charge in [0.1, 0.15) is 11.5 Å². The first-order valence-corrected chi connectivity index (χ1v) is 10.3. The zero-order valence-corrected chi connectivity index (χ0v) is 17.7. The summed E-state index contributed by atoms with van der Waals surface area (Å²) < 4.78 is 7.34. The van der Waals surface area contributed by atoms with Crippen LogP contribution in [-0.2, 0) is 4.79 Å². The van der Waals surface area contributed by atoms with E-state index in [1.807, 2.05) is 36.4 Å². The van der Waals surface area contributed by atoms with E-state index in [0.29, 0.717) is 25.7 Å². The second kappa shape index (κ2) is 7.64. The Morgan fingerprint density at radius 2 is 1.89 bits per heavy atom. The summed E-state index contributed by atoms with van der Waals surface area (Å²) in [5.74, 6) is 1.15. The van der Waals surface area contributed by atoms with Crippen molar-refractivity contribution in [3.63, 3.8) is 0 Å². The Hall–Kier alpha value is -1.86. The molecule has 1 fully saturated rings. The van der Waals surface area contributed by atoms with Gasteiger partial charge in [0, 0.05) is 21.1 Å². The normalized spacial score (nSPS) is 15.8. The molecule has 1 aliphatic heterocycles. The van der Waals surface area contributed by atoms with Crippen molar-refractivity contribution >= 4 is 73.5 Å². The Labute approximate surface area is 179 Å². The van der Waals surface area contributed by atoms with Gasteiger partial charge in [0.25, 0.3) is 5.91 Å². The highest BCUT2D eigenvalue weighted by molar-refractivity contribution is 9.10. The monoisotopic (exact) mass is 475 g/mol. The van der Waals surface area contributed by atoms with Crippen LogP contribution in [0.25, 0.3) is 17.4 Å². The number of thiocarbonyl (C=S) groups is 1. The molecule has 1 amide bonds. The molecule has 1 aromatic heterocycles. The second-order valence-corrected chi connectivity index (χ2v) is 8.73. The van der Waals surface area contributed by atoms with Gasteiger partial charge in [0.15, 0.2) is 4.32 Å². The summed E-state index contributed by atoms with van der Waals surface area (Å²) in [4.78, 5) is 14.8. The van der Waals surface area contributed by atoms with Crippen molar-refractivity contribution in [3.8, 4) is 11.3 Å². The van der Waals surface area contributed by atoms with Crippen molar-refractivity contribution in [2.75, 3.05) is 4.90 Å². The van der Waals surface area contributed by atoms with Crippen LogP contribution in [0.2, 0.25) is 5.02 Å². The summed E-state index contributed by atoms with van der Waals surface area (Å²) in [5.41, 5.74) is 1.62. The third kappa shape index (κ3) is 3.89. The minimum absolute atomic E-state index is 0.186. The number of hydrogen-bond donors (Lipinski definition) is 0. The van der Waals surface area contributed by atoms with E-state index in [2.05, 4.69) is 15.9 Å². The summed E-state index contributed by atoms with van der Waals surface area (Å²) in [5, 5.41) is 0.552. The van der Waals surface area contributed by atoms with Gasteiger partial charge in [-0.05, 0) is 42.5 Å². The highest BCUT2D eigenvalue weighted by Gasteiger charge is 2.33. The first kappa shape index (κ1) is 18.5. The first-order valence-electron chi connectivity index (χ1n) is 7.90. The molecule has 7 heteroatoms. The van der Waals surface area contributed by atoms with Gasteiger partial charge in [0.2, 0.25) is 0 Å². The zero-order valence-electron chi connectivity index (χ0n) is 13.7. The largest absolute Gasteiger partial charge is 0.457 e. The van der Waals surface area contributed by atoms with E-state index in [4.69, 9.17) is 28.2 Å². The summed E-state index contributed by atoms with van der Waals surface area (Å²) in [6, 6.07) is 18.6. The molecule has 134 valence electrons. The van der Waals surface area contributed by atoms with Crippen molar-refractivity contribution in [1.29, 1.82) is 0 Å². The fraction of sp³-hybridized carbons (Fsp3) is 0. The Balaban J connectivity index is 1.61. The molecule has 1 saturated heterocycles. The van der Waals surface area contributed by atoms with E-state index < -0.39 is 0 Å². The number of carbonyl (C=O) groups excluding carboxylic acids is 1. The molecule has 0 aliphatic carbocycles. The van der Waals surface area contributed by atoms with Crippen LogP contribution in [0.5, 0.6) is 0 Å². The molecule has 1 aliphatic rings. The topological polar surface area (TPSA) is 33.5 Å². The summed E-state index contributed by atoms with van der Waals surface area (Å²) in [7, 11) is 0. The fourth-order valence-electron chi connectivity index (χ4n) is 2.63. The van der Waals surface area contributed by atoms with Crippen LogP contribution in [0.15, 0.2) is 74.5 Å². The summed E-state index contributed by atoms with van der Waals surface area (Å²) >= 11 is 16.1. The molecule has 0 unspecified atom stereocenters. The molecule has 0 bridgehead atoms. The lowest BCUT2D eigenvalue weighted by Crippen LogP contribution is -2.27. The number of amides is 1. The van der Waals surface area contributed by atoms with Gasteiger partial charge in [-0.2, -0.15) is 0 Å². The van der Waals surface area contributed by atoms with Gasteiger partial charge in [-0.1, -0.05) is 69.7 Å². The number of thioether (sulfide) groups is 1. The fourth-order valence-corrected chi connectivity index (χ4v) is 4.36. The molecule has 0 N–H and O–H groups in total. The van der Waals surface area contributed by atoms with Gasteiger partial charge < -0.3 is 4.42 Å². The van der Waals surface area contributed by atoms with Crippen LogP contribution in [0, 0.1) is 0 Å². The van der Waals surface area contributed by atoms with Crippen LogP contribution in [0.1, 0.15) is 5.76 Å². The van der Waals surface area contributed by atoms with E-state index >= 15 is 0 Å². The highest BCUT2D eigenvalue weighted by Crippen LogP contribution is 2.37. The molecule has 0 spiro atoms. The molecule has 0 saturated carbocycles. The van der Waals surface area contributed by atoms with Crippen LogP contribution < -0.4 is 4.90 Å². The van der Waals surface area contributed by atoms with Gasteiger partial charge in [-0.3, -0.25) is 9.69 Å². The van der Waals surface area contributed by atoms with Gasteiger partial charge in [-0.25, -0.2) is 0 Å². The molecule has 4 rings (SSSR count). The van der Waals surface area contributed by atoms with Crippen molar-refractivity contribution in [2.24, 2.45) is 0 Å². The quantitative estimate of drug-likeness (QED) is 0.308. The maximum atomic E-state index is 12.8. The second-order valence-electron chi connectivity index (χ2n) is 5.71. The molecule has 3 aromatic rings. The van der Waals surface area contributed by atoms with Crippen LogP contribution in [0.3, 0.4) is 0 Å². The SMILES string of the molecule is O=C1/C(=C\c2ccc(-c3ccc(Br)cc3)o2)SC(=S)N1c1cccc(Cl)c1. The van der Waals surface area contributed by atoms with Gasteiger partial charge >= 0.3 is 0 Å². The lowest BCUT2D eigenvalue weighted by molar-refractivity contribution is -0.113. The zero-order chi connectivity index (χ0) is 19.0. The van der Waals surface area contributed by atoms with E-state index in [-0.39, 0.29) is 5.91 Å². The van der Waals surface area contributed by atoms with E-state index in [0.717, 1.165) is 15.8 Å². The lowest BCUT2D eigenvalue weighted by atomic mass is 10.2. The molecule has 2 aromatic carbocycles. The van der Waals surface area contributed by atoms with Crippen LogP contribution in [-0.4, -0.2) is 10.2 Å². The molecule has 0 radical (unpaired) electrons. The maximum Gasteiger partial charge on any atom is 0.270 e. The van der Waals surface area contributed by atoms with E-state index in [1.54, 1.807) is 30.3 Å². The minimum Gasteiger partial charge on any atom is -0.457 e. The molecular weight excluding hydrogens is 466 g/mol. The number of nitrogens with zero attached hydrogens (tertiary/aromatic N) is 1. The van der Waals surface area contributed by atoms with Crippen LogP contribution in [0.4, 0.5) is 5.69 Å². The third-order valence-electron chi connectivity index (χ3n) is 3.89. The van der Waals surface area contributed by atoms with Crippen molar-refractivity contribution in [2.45, 2.75) is 0 Å². The number of anilines is 1. The number of hydrogen-bond acceptors (Lipinski definition) is 4.